The zero-order chi connectivity index (χ0) is 22.8. The van der Waals surface area contributed by atoms with E-state index in [9.17, 15) is 9.59 Å². The molecule has 0 saturated carbocycles. The topological polar surface area (TPSA) is 82.8 Å². The van der Waals surface area contributed by atoms with Crippen molar-refractivity contribution in [3.05, 3.63) is 81.7 Å². The van der Waals surface area contributed by atoms with Crippen LogP contribution in [0.4, 0.5) is 10.5 Å². The summed E-state index contributed by atoms with van der Waals surface area (Å²) in [5.74, 6) is 0. The lowest BCUT2D eigenvalue weighted by atomic mass is 10.2. The first-order valence-electron chi connectivity index (χ1n) is 10.5. The van der Waals surface area contributed by atoms with Crippen molar-refractivity contribution < 1.29 is 4.79 Å². The summed E-state index contributed by atoms with van der Waals surface area (Å²) in [6.07, 6.45) is 0. The van der Waals surface area contributed by atoms with E-state index in [0.717, 1.165) is 11.3 Å². The molecule has 2 amide bonds. The SMILES string of the molecule is O=C(Nc1ccccc1)N1CCN(Cc2cc(=O)n3nc(-c4ccc(Cl)cc4)sc3n2)CC1. The highest BCUT2D eigenvalue weighted by Gasteiger charge is 2.22. The van der Waals surface area contributed by atoms with E-state index >= 15 is 0 Å². The van der Waals surface area contributed by atoms with Crippen molar-refractivity contribution in [3.8, 4) is 10.6 Å². The molecule has 2 aromatic carbocycles. The molecule has 10 heteroatoms. The Hall–Kier alpha value is -3.27. The molecule has 0 aliphatic carbocycles. The molecule has 1 aliphatic heterocycles. The van der Waals surface area contributed by atoms with Crippen LogP contribution in [0.25, 0.3) is 15.5 Å². The first-order chi connectivity index (χ1) is 16.0. The van der Waals surface area contributed by atoms with Gasteiger partial charge in [-0.3, -0.25) is 9.69 Å². The molecule has 168 valence electrons. The van der Waals surface area contributed by atoms with E-state index in [4.69, 9.17) is 11.6 Å². The molecule has 0 unspecified atom stereocenters. The summed E-state index contributed by atoms with van der Waals surface area (Å²) in [7, 11) is 0. The molecule has 1 saturated heterocycles. The molecule has 5 rings (SSSR count). The predicted octanol–water partition coefficient (Wildman–Crippen LogP) is 3.82. The second-order valence-electron chi connectivity index (χ2n) is 7.75. The highest BCUT2D eigenvalue weighted by Crippen LogP contribution is 2.25. The van der Waals surface area contributed by atoms with Crippen molar-refractivity contribution >= 4 is 39.6 Å². The van der Waals surface area contributed by atoms with Crippen LogP contribution >= 0.6 is 22.9 Å². The van der Waals surface area contributed by atoms with Gasteiger partial charge in [0.05, 0.1) is 5.69 Å². The zero-order valence-electron chi connectivity index (χ0n) is 17.6. The zero-order valence-corrected chi connectivity index (χ0v) is 19.2. The van der Waals surface area contributed by atoms with Gasteiger partial charge in [-0.05, 0) is 24.3 Å². The molecule has 33 heavy (non-hydrogen) atoms. The van der Waals surface area contributed by atoms with E-state index in [-0.39, 0.29) is 11.6 Å². The maximum absolute atomic E-state index is 12.6. The van der Waals surface area contributed by atoms with Crippen LogP contribution in [0.1, 0.15) is 5.69 Å². The molecule has 1 aliphatic rings. The third-order valence-corrected chi connectivity index (χ3v) is 6.67. The molecule has 1 fully saturated rings. The normalized spacial score (nSPS) is 14.5. The number of hydrogen-bond donors (Lipinski definition) is 1. The van der Waals surface area contributed by atoms with Crippen molar-refractivity contribution in [1.29, 1.82) is 0 Å². The largest absolute Gasteiger partial charge is 0.322 e. The summed E-state index contributed by atoms with van der Waals surface area (Å²) in [4.78, 5) is 34.3. The monoisotopic (exact) mass is 480 g/mol. The van der Waals surface area contributed by atoms with Crippen LogP contribution in [0.15, 0.2) is 65.5 Å². The number of para-hydroxylation sites is 1. The van der Waals surface area contributed by atoms with Crippen molar-refractivity contribution in [2.75, 3.05) is 31.5 Å². The fourth-order valence-corrected chi connectivity index (χ4v) is 4.76. The number of benzene rings is 2. The lowest BCUT2D eigenvalue weighted by Gasteiger charge is -2.34. The van der Waals surface area contributed by atoms with Gasteiger partial charge in [-0.25, -0.2) is 9.78 Å². The molecule has 0 atom stereocenters. The van der Waals surface area contributed by atoms with Crippen LogP contribution < -0.4 is 10.9 Å². The summed E-state index contributed by atoms with van der Waals surface area (Å²) in [5, 5.41) is 8.70. The minimum Gasteiger partial charge on any atom is -0.322 e. The number of nitrogens with one attached hydrogen (secondary N) is 1. The molecule has 0 spiro atoms. The number of piperazine rings is 1. The number of amides is 2. The van der Waals surface area contributed by atoms with Crippen LogP contribution in [0, 0.1) is 0 Å². The Kier molecular flexibility index (Phi) is 6.08. The number of aromatic nitrogens is 3. The molecular weight excluding hydrogens is 460 g/mol. The van der Waals surface area contributed by atoms with Gasteiger partial charge in [-0.15, -0.1) is 0 Å². The Balaban J connectivity index is 1.24. The van der Waals surface area contributed by atoms with E-state index in [1.165, 1.54) is 21.9 Å². The van der Waals surface area contributed by atoms with Crippen molar-refractivity contribution in [2.24, 2.45) is 0 Å². The van der Waals surface area contributed by atoms with E-state index < -0.39 is 0 Å². The summed E-state index contributed by atoms with van der Waals surface area (Å²) in [6, 6.07) is 18.2. The van der Waals surface area contributed by atoms with Gasteiger partial charge in [0.25, 0.3) is 5.56 Å². The van der Waals surface area contributed by atoms with Crippen molar-refractivity contribution in [3.63, 3.8) is 0 Å². The van der Waals surface area contributed by atoms with Gasteiger partial charge in [0.2, 0.25) is 4.96 Å². The lowest BCUT2D eigenvalue weighted by Crippen LogP contribution is -2.49. The van der Waals surface area contributed by atoms with E-state index in [1.54, 1.807) is 17.0 Å². The number of urea groups is 1. The minimum atomic E-state index is -0.202. The van der Waals surface area contributed by atoms with Crippen LogP contribution in [-0.4, -0.2) is 56.6 Å². The second kappa shape index (κ2) is 9.30. The Labute approximate surface area is 199 Å². The maximum Gasteiger partial charge on any atom is 0.321 e. The van der Waals surface area contributed by atoms with E-state index in [0.29, 0.717) is 53.4 Å². The van der Waals surface area contributed by atoms with Crippen LogP contribution in [0.2, 0.25) is 5.02 Å². The van der Waals surface area contributed by atoms with Gasteiger partial charge in [-0.2, -0.15) is 9.61 Å². The first kappa shape index (κ1) is 21.6. The number of fused-ring (bicyclic) bond motifs is 1. The average molecular weight is 481 g/mol. The second-order valence-corrected chi connectivity index (χ2v) is 9.15. The predicted molar refractivity (Wildman–Crippen MR) is 130 cm³/mol. The number of carbonyl (C=O) groups excluding carboxylic acids is 1. The number of anilines is 1. The van der Waals surface area contributed by atoms with Gasteiger partial charge >= 0.3 is 6.03 Å². The fourth-order valence-electron chi connectivity index (χ4n) is 3.71. The molecule has 2 aromatic heterocycles. The maximum atomic E-state index is 12.6. The van der Waals surface area contributed by atoms with Gasteiger partial charge in [0.15, 0.2) is 0 Å². The van der Waals surface area contributed by atoms with Crippen molar-refractivity contribution in [1.82, 2.24) is 24.4 Å². The van der Waals surface area contributed by atoms with Crippen LogP contribution in [0.5, 0.6) is 0 Å². The first-order valence-corrected chi connectivity index (χ1v) is 11.7. The molecule has 1 N–H and O–H groups in total. The minimum absolute atomic E-state index is 0.0990. The molecule has 4 aromatic rings. The number of halogens is 1. The van der Waals surface area contributed by atoms with Crippen molar-refractivity contribution in [2.45, 2.75) is 6.54 Å². The number of rotatable bonds is 4. The molecule has 8 nitrogen and oxygen atoms in total. The fraction of sp³-hybridized carbons (Fsp3) is 0.217. The quantitative estimate of drug-likeness (QED) is 0.480. The Morgan fingerprint density at radius 2 is 1.76 bits per heavy atom. The van der Waals surface area contributed by atoms with Crippen LogP contribution in [0.3, 0.4) is 0 Å². The summed E-state index contributed by atoms with van der Waals surface area (Å²) in [5.41, 5.74) is 2.17. The standard InChI is InChI=1S/C23H21ClN6O2S/c24-17-8-6-16(7-9-17)21-27-30-20(31)14-19(26-23(30)33-21)15-28-10-12-29(13-11-28)22(32)25-18-4-2-1-3-5-18/h1-9,14H,10-13,15H2,(H,25,32). The Morgan fingerprint density at radius 3 is 2.48 bits per heavy atom. The smallest absolute Gasteiger partial charge is 0.321 e. The number of nitrogens with zero attached hydrogens (tertiary/aromatic N) is 5. The molecule has 0 radical (unpaired) electrons. The lowest BCUT2D eigenvalue weighted by molar-refractivity contribution is 0.142. The summed E-state index contributed by atoms with van der Waals surface area (Å²) >= 11 is 7.33. The Morgan fingerprint density at radius 1 is 1.03 bits per heavy atom. The van der Waals surface area contributed by atoms with E-state index in [2.05, 4.69) is 20.3 Å². The molecular formula is C23H21ClN6O2S. The third kappa shape index (κ3) is 4.90. The van der Waals surface area contributed by atoms with Gasteiger partial charge < -0.3 is 10.2 Å². The van der Waals surface area contributed by atoms with Gasteiger partial charge in [0.1, 0.15) is 5.01 Å². The van der Waals surface area contributed by atoms with Gasteiger partial charge in [-0.1, -0.05) is 53.3 Å². The molecule has 3 heterocycles. The van der Waals surface area contributed by atoms with Gasteiger partial charge in [0, 0.05) is 55.1 Å². The third-order valence-electron chi connectivity index (χ3n) is 5.46. The highest BCUT2D eigenvalue weighted by molar-refractivity contribution is 7.19. The summed E-state index contributed by atoms with van der Waals surface area (Å²) < 4.78 is 1.34. The van der Waals surface area contributed by atoms with Crippen LogP contribution in [-0.2, 0) is 6.54 Å². The molecule has 0 bridgehead atoms. The summed E-state index contributed by atoms with van der Waals surface area (Å²) in [6.45, 7) is 3.19. The Bertz CT molecular complexity index is 1330. The average Bonchev–Trinajstić information content (AvgIpc) is 3.25. The van der Waals surface area contributed by atoms with E-state index in [1.807, 2.05) is 42.5 Å². The number of carbonyl (C=O) groups is 1. The highest BCUT2D eigenvalue weighted by atomic mass is 35.5. The number of hydrogen-bond acceptors (Lipinski definition) is 6.